The third kappa shape index (κ3) is 2.95. The number of anilines is 1. The van der Waals surface area contributed by atoms with E-state index in [1.807, 2.05) is 4.57 Å². The lowest BCUT2D eigenvalue weighted by molar-refractivity contribution is 0.313. The summed E-state index contributed by atoms with van der Waals surface area (Å²) in [6.07, 6.45) is 6.58. The van der Waals surface area contributed by atoms with Crippen LogP contribution in [0.15, 0.2) is 34.0 Å². The number of aromatic hydroxyl groups is 1. The Morgan fingerprint density at radius 1 is 1.41 bits per heavy atom. The number of benzene rings is 1. The maximum absolute atomic E-state index is 12.4. The number of hydrogen-bond donors (Lipinski definition) is 2. The Morgan fingerprint density at radius 3 is 2.77 bits per heavy atom. The minimum atomic E-state index is -3.98. The van der Waals surface area contributed by atoms with Crippen molar-refractivity contribution in [2.75, 3.05) is 4.72 Å². The van der Waals surface area contributed by atoms with Gasteiger partial charge in [-0.3, -0.25) is 4.72 Å². The van der Waals surface area contributed by atoms with Crippen LogP contribution < -0.4 is 4.72 Å². The summed E-state index contributed by atoms with van der Waals surface area (Å²) >= 11 is 8.97. The maximum Gasteiger partial charge on any atom is 0.266 e. The van der Waals surface area contributed by atoms with Crippen molar-refractivity contribution in [1.29, 1.82) is 0 Å². The molecular formula is C13H13BrClN3O3S. The molecule has 0 bridgehead atoms. The quantitative estimate of drug-likeness (QED) is 0.813. The number of phenols is 1. The van der Waals surface area contributed by atoms with E-state index in [1.165, 1.54) is 18.6 Å². The van der Waals surface area contributed by atoms with E-state index < -0.39 is 15.8 Å². The Labute approximate surface area is 141 Å². The first-order valence-corrected chi connectivity index (χ1v) is 9.26. The molecule has 1 aromatic heterocycles. The van der Waals surface area contributed by atoms with Crippen LogP contribution in [0.4, 0.5) is 5.82 Å². The lowest BCUT2D eigenvalue weighted by Gasteiger charge is -2.26. The van der Waals surface area contributed by atoms with E-state index in [2.05, 4.69) is 25.6 Å². The van der Waals surface area contributed by atoms with E-state index in [4.69, 9.17) is 11.6 Å². The highest BCUT2D eigenvalue weighted by Crippen LogP contribution is 2.35. The van der Waals surface area contributed by atoms with E-state index in [9.17, 15) is 13.5 Å². The molecule has 0 saturated heterocycles. The van der Waals surface area contributed by atoms with Gasteiger partial charge in [0.15, 0.2) is 11.6 Å². The van der Waals surface area contributed by atoms with Crippen molar-refractivity contribution in [3.8, 4) is 5.75 Å². The zero-order chi connectivity index (χ0) is 15.9. The second kappa shape index (κ2) is 5.75. The second-order valence-electron chi connectivity index (χ2n) is 5.13. The van der Waals surface area contributed by atoms with Crippen LogP contribution in [0.5, 0.6) is 5.75 Å². The van der Waals surface area contributed by atoms with Crippen molar-refractivity contribution in [1.82, 2.24) is 9.55 Å². The molecule has 118 valence electrons. The Morgan fingerprint density at radius 2 is 2.14 bits per heavy atom. The maximum atomic E-state index is 12.4. The first kappa shape index (κ1) is 15.6. The monoisotopic (exact) mass is 405 g/mol. The van der Waals surface area contributed by atoms with Crippen LogP contribution in [-0.4, -0.2) is 23.1 Å². The van der Waals surface area contributed by atoms with Crippen molar-refractivity contribution in [2.45, 2.75) is 30.2 Å². The Bertz CT molecular complexity index is 818. The van der Waals surface area contributed by atoms with Crippen molar-refractivity contribution in [3.05, 3.63) is 34.2 Å². The van der Waals surface area contributed by atoms with E-state index >= 15 is 0 Å². The molecule has 3 rings (SSSR count). The van der Waals surface area contributed by atoms with Gasteiger partial charge in [-0.25, -0.2) is 13.4 Å². The van der Waals surface area contributed by atoms with Gasteiger partial charge < -0.3 is 9.67 Å². The highest BCUT2D eigenvalue weighted by Gasteiger charge is 2.24. The first-order chi connectivity index (χ1) is 10.4. The Kier molecular flexibility index (Phi) is 4.09. The van der Waals surface area contributed by atoms with Crippen molar-refractivity contribution in [2.24, 2.45) is 0 Å². The number of phenolic OH excluding ortho intramolecular Hbond substituents is 1. The van der Waals surface area contributed by atoms with Crippen LogP contribution >= 0.6 is 27.5 Å². The molecule has 1 heterocycles. The molecule has 0 atom stereocenters. The standard InChI is InChI=1S/C13H13BrClN3O3S/c14-8-4-10(15)13(19)11(5-8)22(20,21)17-12-6-18(7-16-12)9-2-1-3-9/h4-7,9,17,19H,1-3H2. The van der Waals surface area contributed by atoms with Gasteiger partial charge in [0.1, 0.15) is 4.90 Å². The SMILES string of the molecule is O=S(=O)(Nc1cn(C2CCC2)cn1)c1cc(Br)cc(Cl)c1O. The van der Waals surface area contributed by atoms with Gasteiger partial charge in [-0.1, -0.05) is 27.5 Å². The molecule has 0 spiro atoms. The summed E-state index contributed by atoms with van der Waals surface area (Å²) in [5.74, 6) is -0.279. The number of nitrogens with one attached hydrogen (secondary N) is 1. The molecular weight excluding hydrogens is 394 g/mol. The van der Waals surface area contributed by atoms with Crippen molar-refractivity contribution in [3.63, 3.8) is 0 Å². The largest absolute Gasteiger partial charge is 0.505 e. The molecule has 2 N–H and O–H groups in total. The van der Waals surface area contributed by atoms with Gasteiger partial charge in [-0.05, 0) is 31.4 Å². The number of nitrogens with zero attached hydrogens (tertiary/aromatic N) is 2. The van der Waals surface area contributed by atoms with Gasteiger partial charge in [-0.2, -0.15) is 0 Å². The third-order valence-electron chi connectivity index (χ3n) is 3.62. The van der Waals surface area contributed by atoms with Gasteiger partial charge >= 0.3 is 0 Å². The molecule has 9 heteroatoms. The van der Waals surface area contributed by atoms with Crippen LogP contribution in [-0.2, 0) is 10.0 Å². The zero-order valence-electron chi connectivity index (χ0n) is 11.3. The molecule has 1 fully saturated rings. The molecule has 6 nitrogen and oxygen atoms in total. The summed E-state index contributed by atoms with van der Waals surface area (Å²) in [4.78, 5) is 3.75. The van der Waals surface area contributed by atoms with Gasteiger partial charge in [0, 0.05) is 16.7 Å². The van der Waals surface area contributed by atoms with Gasteiger partial charge in [0.05, 0.1) is 11.3 Å². The predicted molar refractivity (Wildman–Crippen MR) is 86.7 cm³/mol. The van der Waals surface area contributed by atoms with E-state index in [-0.39, 0.29) is 15.7 Å². The van der Waals surface area contributed by atoms with Crippen LogP contribution in [0.3, 0.4) is 0 Å². The molecule has 1 aliphatic carbocycles. The number of hydrogen-bond acceptors (Lipinski definition) is 4. The van der Waals surface area contributed by atoms with Gasteiger partial charge in [0.25, 0.3) is 10.0 Å². The molecule has 0 unspecified atom stereocenters. The lowest BCUT2D eigenvalue weighted by atomic mass is 9.93. The molecule has 0 radical (unpaired) electrons. The minimum Gasteiger partial charge on any atom is -0.505 e. The normalized spacial score (nSPS) is 15.5. The Balaban J connectivity index is 1.89. The summed E-state index contributed by atoms with van der Waals surface area (Å²) < 4.78 is 29.5. The fourth-order valence-electron chi connectivity index (χ4n) is 2.21. The highest BCUT2D eigenvalue weighted by atomic mass is 79.9. The predicted octanol–water partition coefficient (Wildman–Crippen LogP) is 3.53. The molecule has 1 aliphatic rings. The van der Waals surface area contributed by atoms with Gasteiger partial charge in [0.2, 0.25) is 0 Å². The fraction of sp³-hybridized carbons (Fsp3) is 0.308. The van der Waals surface area contributed by atoms with Gasteiger partial charge in [-0.15, -0.1) is 0 Å². The molecule has 1 saturated carbocycles. The summed E-state index contributed by atoms with van der Waals surface area (Å²) in [7, 11) is -3.98. The molecule has 0 amide bonds. The molecule has 2 aromatic rings. The summed E-state index contributed by atoms with van der Waals surface area (Å²) in [6, 6.07) is 3.09. The van der Waals surface area contributed by atoms with Crippen LogP contribution in [0.2, 0.25) is 5.02 Å². The zero-order valence-corrected chi connectivity index (χ0v) is 14.5. The van der Waals surface area contributed by atoms with E-state index in [0.717, 1.165) is 12.8 Å². The average molecular weight is 407 g/mol. The number of rotatable bonds is 4. The molecule has 22 heavy (non-hydrogen) atoms. The topological polar surface area (TPSA) is 84.2 Å². The smallest absolute Gasteiger partial charge is 0.266 e. The fourth-order valence-corrected chi connectivity index (χ4v) is 4.37. The van der Waals surface area contributed by atoms with Crippen molar-refractivity contribution < 1.29 is 13.5 Å². The van der Waals surface area contributed by atoms with Crippen LogP contribution in [0.25, 0.3) is 0 Å². The minimum absolute atomic E-state index is 0.0465. The average Bonchev–Trinajstić information content (AvgIpc) is 2.78. The van der Waals surface area contributed by atoms with Crippen LogP contribution in [0, 0.1) is 0 Å². The lowest BCUT2D eigenvalue weighted by Crippen LogP contribution is -2.16. The number of imidazole rings is 1. The highest BCUT2D eigenvalue weighted by molar-refractivity contribution is 9.10. The number of sulfonamides is 1. The van der Waals surface area contributed by atoms with E-state index in [1.54, 1.807) is 12.5 Å². The Hall–Kier alpha value is -1.25. The number of halogens is 2. The van der Waals surface area contributed by atoms with Crippen LogP contribution in [0.1, 0.15) is 25.3 Å². The second-order valence-corrected chi connectivity index (χ2v) is 8.10. The summed E-state index contributed by atoms with van der Waals surface area (Å²) in [6.45, 7) is 0. The summed E-state index contributed by atoms with van der Waals surface area (Å²) in [5, 5.41) is 9.83. The first-order valence-electron chi connectivity index (χ1n) is 6.61. The summed E-state index contributed by atoms with van der Waals surface area (Å²) in [5.41, 5.74) is 0. The molecule has 0 aliphatic heterocycles. The van der Waals surface area contributed by atoms with Crippen molar-refractivity contribution >= 4 is 43.4 Å². The third-order valence-corrected chi connectivity index (χ3v) is 5.73. The molecule has 1 aromatic carbocycles. The number of aromatic nitrogens is 2. The van der Waals surface area contributed by atoms with E-state index in [0.29, 0.717) is 10.5 Å².